The van der Waals surface area contributed by atoms with Gasteiger partial charge in [0, 0.05) is 11.1 Å². The summed E-state index contributed by atoms with van der Waals surface area (Å²) in [5.41, 5.74) is 2.17. The van der Waals surface area contributed by atoms with Gasteiger partial charge in [0.2, 0.25) is 0 Å². The maximum atomic E-state index is 12.9. The lowest BCUT2D eigenvalue weighted by molar-refractivity contribution is 0.151. The van der Waals surface area contributed by atoms with E-state index in [0.717, 1.165) is 29.0 Å². The number of amides is 1. The number of aryl methyl sites for hydroxylation is 2. The van der Waals surface area contributed by atoms with Crippen LogP contribution in [0.1, 0.15) is 28.7 Å². The van der Waals surface area contributed by atoms with E-state index in [9.17, 15) is 18.8 Å². The van der Waals surface area contributed by atoms with Crippen LogP contribution >= 0.6 is 11.8 Å². The first-order valence-corrected chi connectivity index (χ1v) is 8.74. The number of hydrogen-bond acceptors (Lipinski definition) is 4. The molecule has 0 aliphatic heterocycles. The van der Waals surface area contributed by atoms with E-state index in [1.54, 1.807) is 0 Å². The zero-order valence-electron chi connectivity index (χ0n) is 14.1. The van der Waals surface area contributed by atoms with Crippen LogP contribution in [0.5, 0.6) is 5.75 Å². The Morgan fingerprint density at radius 2 is 1.96 bits per heavy atom. The summed E-state index contributed by atoms with van der Waals surface area (Å²) >= 11 is 0.778. The number of anilines is 1. The SMILES string of the molecule is CSC(=O)N(O)c1cc(C(F)F)ccc1COc1ccc(C)cc1C. The standard InChI is InChI=1S/C18H19F2NO3S/c1-11-4-7-16(12(2)8-11)24-10-14-6-5-13(17(19)20)9-15(14)21(23)18(22)25-3/h4-9,17,23H,10H2,1-3H3. The van der Waals surface area contributed by atoms with Gasteiger partial charge in [-0.15, -0.1) is 0 Å². The van der Waals surface area contributed by atoms with E-state index in [2.05, 4.69) is 0 Å². The average molecular weight is 367 g/mol. The highest BCUT2D eigenvalue weighted by molar-refractivity contribution is 8.13. The second-order valence-corrected chi connectivity index (χ2v) is 6.29. The maximum Gasteiger partial charge on any atom is 0.309 e. The van der Waals surface area contributed by atoms with Crippen LogP contribution in [0.25, 0.3) is 0 Å². The fourth-order valence-corrected chi connectivity index (χ4v) is 2.61. The topological polar surface area (TPSA) is 49.8 Å². The van der Waals surface area contributed by atoms with Crippen molar-refractivity contribution in [3.05, 3.63) is 58.7 Å². The van der Waals surface area contributed by atoms with Gasteiger partial charge in [0.25, 0.3) is 6.43 Å². The molecular formula is C18H19F2NO3S. The highest BCUT2D eigenvalue weighted by atomic mass is 32.2. The van der Waals surface area contributed by atoms with Crippen molar-refractivity contribution < 1.29 is 23.5 Å². The van der Waals surface area contributed by atoms with Crippen LogP contribution < -0.4 is 9.80 Å². The zero-order chi connectivity index (χ0) is 18.6. The Morgan fingerprint density at radius 3 is 2.56 bits per heavy atom. The number of hydroxylamine groups is 1. The fraction of sp³-hybridized carbons (Fsp3) is 0.278. The molecule has 0 atom stereocenters. The van der Waals surface area contributed by atoms with E-state index < -0.39 is 11.7 Å². The number of carbonyl (C=O) groups is 1. The summed E-state index contributed by atoms with van der Waals surface area (Å²) in [7, 11) is 0. The van der Waals surface area contributed by atoms with Crippen LogP contribution in [0.3, 0.4) is 0 Å². The van der Waals surface area contributed by atoms with Gasteiger partial charge < -0.3 is 4.74 Å². The highest BCUT2D eigenvalue weighted by Crippen LogP contribution is 2.30. The monoisotopic (exact) mass is 367 g/mol. The molecule has 1 amide bonds. The van der Waals surface area contributed by atoms with Gasteiger partial charge in [-0.1, -0.05) is 41.6 Å². The van der Waals surface area contributed by atoms with Gasteiger partial charge in [0.05, 0.1) is 5.69 Å². The lowest BCUT2D eigenvalue weighted by atomic mass is 10.1. The minimum absolute atomic E-state index is 0.0121. The summed E-state index contributed by atoms with van der Waals surface area (Å²) in [6.07, 6.45) is -1.21. The van der Waals surface area contributed by atoms with Crippen molar-refractivity contribution in [2.45, 2.75) is 26.9 Å². The van der Waals surface area contributed by atoms with Crippen molar-refractivity contribution in [1.29, 1.82) is 0 Å². The Labute approximate surface area is 149 Å². The third-order valence-electron chi connectivity index (χ3n) is 3.65. The Morgan fingerprint density at radius 1 is 1.24 bits per heavy atom. The summed E-state index contributed by atoms with van der Waals surface area (Å²) in [6, 6.07) is 9.47. The first-order chi connectivity index (χ1) is 11.8. The second-order valence-electron chi connectivity index (χ2n) is 5.53. The predicted molar refractivity (Wildman–Crippen MR) is 94.8 cm³/mol. The Bertz CT molecular complexity index is 768. The molecule has 2 aromatic carbocycles. The molecule has 25 heavy (non-hydrogen) atoms. The van der Waals surface area contributed by atoms with Gasteiger partial charge in [0.1, 0.15) is 12.4 Å². The molecule has 0 spiro atoms. The molecule has 2 aromatic rings. The molecule has 2 rings (SSSR count). The third-order valence-corrected chi connectivity index (χ3v) is 4.17. The van der Waals surface area contributed by atoms with Gasteiger partial charge >= 0.3 is 5.24 Å². The van der Waals surface area contributed by atoms with E-state index in [1.165, 1.54) is 18.4 Å². The number of alkyl halides is 2. The number of ether oxygens (including phenoxy) is 1. The van der Waals surface area contributed by atoms with Crippen LogP contribution in [0, 0.1) is 13.8 Å². The second kappa shape index (κ2) is 8.31. The third kappa shape index (κ3) is 4.70. The lowest BCUT2D eigenvalue weighted by Crippen LogP contribution is -2.24. The van der Waals surface area contributed by atoms with E-state index in [1.807, 2.05) is 32.0 Å². The van der Waals surface area contributed by atoms with Crippen molar-refractivity contribution in [3.63, 3.8) is 0 Å². The van der Waals surface area contributed by atoms with Crippen LogP contribution in [0.15, 0.2) is 36.4 Å². The van der Waals surface area contributed by atoms with E-state index in [4.69, 9.17) is 4.74 Å². The minimum atomic E-state index is -2.70. The molecule has 0 fully saturated rings. The largest absolute Gasteiger partial charge is 0.489 e. The van der Waals surface area contributed by atoms with E-state index in [0.29, 0.717) is 16.4 Å². The number of nitrogens with zero attached hydrogens (tertiary/aromatic N) is 1. The van der Waals surface area contributed by atoms with Crippen molar-refractivity contribution >= 4 is 22.7 Å². The van der Waals surface area contributed by atoms with Crippen molar-refractivity contribution in [1.82, 2.24) is 0 Å². The Balaban J connectivity index is 2.30. The number of benzene rings is 2. The molecule has 0 saturated heterocycles. The molecule has 0 heterocycles. The zero-order valence-corrected chi connectivity index (χ0v) is 14.9. The quantitative estimate of drug-likeness (QED) is 0.560. The number of hydrogen-bond donors (Lipinski definition) is 1. The van der Waals surface area contributed by atoms with Gasteiger partial charge in [-0.3, -0.25) is 10.0 Å². The molecular weight excluding hydrogens is 348 g/mol. The van der Waals surface area contributed by atoms with Crippen molar-refractivity contribution in [3.8, 4) is 5.75 Å². The molecule has 0 aliphatic rings. The molecule has 0 bridgehead atoms. The average Bonchev–Trinajstić information content (AvgIpc) is 2.59. The number of halogens is 2. The summed E-state index contributed by atoms with van der Waals surface area (Å²) in [5, 5.41) is 9.73. The first-order valence-electron chi connectivity index (χ1n) is 7.51. The molecule has 134 valence electrons. The van der Waals surface area contributed by atoms with Crippen molar-refractivity contribution in [2.75, 3.05) is 11.3 Å². The summed E-state index contributed by atoms with van der Waals surface area (Å²) < 4.78 is 31.6. The van der Waals surface area contributed by atoms with Gasteiger partial charge in [0.15, 0.2) is 0 Å². The molecule has 4 nitrogen and oxygen atoms in total. The normalized spacial score (nSPS) is 10.8. The number of rotatable bonds is 5. The molecule has 1 N–H and O–H groups in total. The van der Waals surface area contributed by atoms with Crippen LogP contribution in [-0.4, -0.2) is 16.7 Å². The molecule has 7 heteroatoms. The van der Waals surface area contributed by atoms with Gasteiger partial charge in [-0.05, 0) is 37.8 Å². The molecule has 0 unspecified atom stereocenters. The Hall–Kier alpha value is -2.12. The summed E-state index contributed by atoms with van der Waals surface area (Å²) in [6.45, 7) is 3.90. The number of carbonyl (C=O) groups excluding carboxylic acids is 1. The van der Waals surface area contributed by atoms with Crippen molar-refractivity contribution in [2.24, 2.45) is 0 Å². The first kappa shape index (κ1) is 19.2. The van der Waals surface area contributed by atoms with Gasteiger partial charge in [-0.2, -0.15) is 5.06 Å². The van der Waals surface area contributed by atoms with Crippen LogP contribution in [-0.2, 0) is 6.61 Å². The lowest BCUT2D eigenvalue weighted by Gasteiger charge is -2.19. The molecule has 0 aliphatic carbocycles. The minimum Gasteiger partial charge on any atom is -0.489 e. The highest BCUT2D eigenvalue weighted by Gasteiger charge is 2.19. The van der Waals surface area contributed by atoms with Crippen LogP contribution in [0.2, 0.25) is 0 Å². The summed E-state index contributed by atoms with van der Waals surface area (Å²) in [4.78, 5) is 11.7. The molecule has 0 aromatic heterocycles. The van der Waals surface area contributed by atoms with E-state index in [-0.39, 0.29) is 17.9 Å². The molecule has 0 radical (unpaired) electrons. The van der Waals surface area contributed by atoms with Crippen LogP contribution in [0.4, 0.5) is 19.3 Å². The van der Waals surface area contributed by atoms with Gasteiger partial charge in [-0.25, -0.2) is 8.78 Å². The fourth-order valence-electron chi connectivity index (χ4n) is 2.34. The maximum absolute atomic E-state index is 12.9. The van der Waals surface area contributed by atoms with E-state index >= 15 is 0 Å². The molecule has 0 saturated carbocycles. The predicted octanol–water partition coefficient (Wildman–Crippen LogP) is 5.50. The number of thioether (sulfide) groups is 1. The Kier molecular flexibility index (Phi) is 6.39. The summed E-state index contributed by atoms with van der Waals surface area (Å²) in [5.74, 6) is 0.648. The smallest absolute Gasteiger partial charge is 0.309 e.